The predicted octanol–water partition coefficient (Wildman–Crippen LogP) is 3.78. The molecule has 1 heterocycles. The summed E-state index contributed by atoms with van der Waals surface area (Å²) in [5.41, 5.74) is 2.67. The second-order valence-corrected chi connectivity index (χ2v) is 8.71. The summed E-state index contributed by atoms with van der Waals surface area (Å²) in [5, 5.41) is 2.85. The lowest BCUT2D eigenvalue weighted by atomic mass is 10.1. The first kappa shape index (κ1) is 24.9. The molecule has 3 aromatic rings. The van der Waals surface area contributed by atoms with Gasteiger partial charge in [0.05, 0.1) is 5.56 Å². The lowest BCUT2D eigenvalue weighted by Crippen LogP contribution is -2.49. The van der Waals surface area contributed by atoms with Crippen LogP contribution in [0.5, 0.6) is 0 Å². The van der Waals surface area contributed by atoms with Crippen molar-refractivity contribution in [2.75, 3.05) is 42.9 Å². The highest BCUT2D eigenvalue weighted by atomic mass is 19.1. The Morgan fingerprint density at radius 1 is 0.861 bits per heavy atom. The highest BCUT2D eigenvalue weighted by Crippen LogP contribution is 2.21. The molecule has 0 aliphatic carbocycles. The van der Waals surface area contributed by atoms with Crippen LogP contribution in [0.1, 0.15) is 22.8 Å². The number of hydrogen-bond acceptors (Lipinski definition) is 4. The number of halogens is 1. The summed E-state index contributed by atoms with van der Waals surface area (Å²) < 4.78 is 14.0. The van der Waals surface area contributed by atoms with Crippen molar-refractivity contribution < 1.29 is 18.8 Å². The molecule has 7 nitrogen and oxygen atoms in total. The molecule has 0 atom stereocenters. The van der Waals surface area contributed by atoms with Crippen LogP contribution in [0, 0.1) is 5.82 Å². The molecule has 8 heteroatoms. The molecule has 0 spiro atoms. The Hall–Kier alpha value is -4.20. The SMILES string of the molecule is CC(=O)N(CC(=O)Nc1ccc(N2CCN(C(=O)c3ccccc3F)CC2)cc1)Cc1ccccc1. The second-order valence-electron chi connectivity index (χ2n) is 8.71. The molecule has 4 rings (SSSR count). The molecule has 0 saturated carbocycles. The molecule has 1 fully saturated rings. The zero-order chi connectivity index (χ0) is 25.5. The smallest absolute Gasteiger partial charge is 0.256 e. The first-order valence-corrected chi connectivity index (χ1v) is 11.9. The van der Waals surface area contributed by atoms with E-state index in [1.165, 1.54) is 24.0 Å². The van der Waals surface area contributed by atoms with Crippen LogP contribution in [0.3, 0.4) is 0 Å². The number of nitrogens with zero attached hydrogens (tertiary/aromatic N) is 3. The number of carbonyl (C=O) groups is 3. The number of anilines is 2. The summed E-state index contributed by atoms with van der Waals surface area (Å²) in [5.74, 6) is -1.24. The van der Waals surface area contributed by atoms with E-state index in [0.717, 1.165) is 11.3 Å². The maximum absolute atomic E-state index is 14.0. The van der Waals surface area contributed by atoms with Crippen LogP contribution in [-0.4, -0.2) is 60.2 Å². The summed E-state index contributed by atoms with van der Waals surface area (Å²) >= 11 is 0. The Kier molecular flexibility index (Phi) is 7.95. The van der Waals surface area contributed by atoms with E-state index in [1.807, 2.05) is 54.6 Å². The second kappa shape index (κ2) is 11.5. The Labute approximate surface area is 210 Å². The van der Waals surface area contributed by atoms with Crippen molar-refractivity contribution in [3.8, 4) is 0 Å². The standard InChI is InChI=1S/C28H29FN4O3/c1-21(34)33(19-22-7-3-2-4-8-22)20-27(35)30-23-11-13-24(14-12-23)31-15-17-32(18-16-31)28(36)25-9-5-6-10-26(25)29/h2-14H,15-20H2,1H3,(H,30,35). The fourth-order valence-electron chi connectivity index (χ4n) is 4.18. The molecule has 1 N–H and O–H groups in total. The Bertz CT molecular complexity index is 1210. The van der Waals surface area contributed by atoms with Crippen molar-refractivity contribution in [2.24, 2.45) is 0 Å². The topological polar surface area (TPSA) is 73.0 Å². The molecule has 1 aliphatic heterocycles. The molecular formula is C28H29FN4O3. The number of rotatable bonds is 7. The van der Waals surface area contributed by atoms with Gasteiger partial charge in [0.15, 0.2) is 0 Å². The third-order valence-electron chi connectivity index (χ3n) is 6.18. The maximum atomic E-state index is 14.0. The molecule has 0 radical (unpaired) electrons. The van der Waals surface area contributed by atoms with E-state index in [1.54, 1.807) is 17.0 Å². The van der Waals surface area contributed by atoms with Crippen LogP contribution in [0.25, 0.3) is 0 Å². The molecule has 3 aromatic carbocycles. The van der Waals surface area contributed by atoms with Gasteiger partial charge in [0.25, 0.3) is 5.91 Å². The normalized spacial score (nSPS) is 13.3. The van der Waals surface area contributed by atoms with E-state index in [4.69, 9.17) is 0 Å². The molecule has 1 saturated heterocycles. The van der Waals surface area contributed by atoms with Crippen LogP contribution in [0.15, 0.2) is 78.9 Å². The minimum atomic E-state index is -0.506. The van der Waals surface area contributed by atoms with E-state index >= 15 is 0 Å². The molecule has 186 valence electrons. The Morgan fingerprint density at radius 2 is 1.50 bits per heavy atom. The number of amides is 3. The van der Waals surface area contributed by atoms with Gasteiger partial charge in [-0.2, -0.15) is 0 Å². The van der Waals surface area contributed by atoms with Gasteiger partial charge in [-0.3, -0.25) is 14.4 Å². The van der Waals surface area contributed by atoms with Gasteiger partial charge >= 0.3 is 0 Å². The van der Waals surface area contributed by atoms with Gasteiger partial charge in [0.2, 0.25) is 11.8 Å². The van der Waals surface area contributed by atoms with Crippen molar-refractivity contribution in [1.29, 1.82) is 0 Å². The average molecular weight is 489 g/mol. The van der Waals surface area contributed by atoms with E-state index in [2.05, 4.69) is 10.2 Å². The van der Waals surface area contributed by atoms with Crippen LogP contribution >= 0.6 is 0 Å². The summed E-state index contributed by atoms with van der Waals surface area (Å²) in [6.07, 6.45) is 0. The van der Waals surface area contributed by atoms with Crippen LogP contribution < -0.4 is 10.2 Å². The first-order valence-electron chi connectivity index (χ1n) is 11.9. The number of carbonyl (C=O) groups excluding carboxylic acids is 3. The summed E-state index contributed by atoms with van der Waals surface area (Å²) in [6.45, 7) is 4.02. The fraction of sp³-hybridized carbons (Fsp3) is 0.250. The third-order valence-corrected chi connectivity index (χ3v) is 6.18. The zero-order valence-corrected chi connectivity index (χ0v) is 20.2. The van der Waals surface area contributed by atoms with E-state index < -0.39 is 5.82 Å². The van der Waals surface area contributed by atoms with Crippen LogP contribution in [0.2, 0.25) is 0 Å². The average Bonchev–Trinajstić information content (AvgIpc) is 2.89. The van der Waals surface area contributed by atoms with Gasteiger partial charge < -0.3 is 20.0 Å². The van der Waals surface area contributed by atoms with Crippen molar-refractivity contribution in [2.45, 2.75) is 13.5 Å². The number of nitrogens with one attached hydrogen (secondary N) is 1. The highest BCUT2D eigenvalue weighted by Gasteiger charge is 2.24. The minimum absolute atomic E-state index is 0.0377. The number of hydrogen-bond donors (Lipinski definition) is 1. The summed E-state index contributed by atoms with van der Waals surface area (Å²) in [6, 6.07) is 23.0. The highest BCUT2D eigenvalue weighted by molar-refractivity contribution is 5.95. The molecule has 0 aromatic heterocycles. The van der Waals surface area contributed by atoms with Gasteiger partial charge in [-0.05, 0) is 42.0 Å². The van der Waals surface area contributed by atoms with Gasteiger partial charge in [-0.25, -0.2) is 4.39 Å². The monoisotopic (exact) mass is 488 g/mol. The van der Waals surface area contributed by atoms with Crippen LogP contribution in [0.4, 0.5) is 15.8 Å². The van der Waals surface area contributed by atoms with E-state index in [0.29, 0.717) is 38.4 Å². The lowest BCUT2D eigenvalue weighted by Gasteiger charge is -2.36. The molecule has 1 aliphatic rings. The molecule has 3 amide bonds. The summed E-state index contributed by atoms with van der Waals surface area (Å²) in [4.78, 5) is 42.5. The minimum Gasteiger partial charge on any atom is -0.368 e. The van der Waals surface area contributed by atoms with E-state index in [9.17, 15) is 18.8 Å². The van der Waals surface area contributed by atoms with E-state index in [-0.39, 0.29) is 29.8 Å². The zero-order valence-electron chi connectivity index (χ0n) is 20.2. The molecular weight excluding hydrogens is 459 g/mol. The molecule has 36 heavy (non-hydrogen) atoms. The molecule has 0 unspecified atom stereocenters. The predicted molar refractivity (Wildman–Crippen MR) is 137 cm³/mol. The fourth-order valence-corrected chi connectivity index (χ4v) is 4.18. The van der Waals surface area contributed by atoms with Gasteiger partial charge in [0.1, 0.15) is 12.4 Å². The number of benzene rings is 3. The van der Waals surface area contributed by atoms with Gasteiger partial charge in [-0.1, -0.05) is 42.5 Å². The van der Waals surface area contributed by atoms with Crippen molar-refractivity contribution >= 4 is 29.1 Å². The van der Waals surface area contributed by atoms with Gasteiger partial charge in [0, 0.05) is 51.0 Å². The first-order chi connectivity index (χ1) is 17.4. The maximum Gasteiger partial charge on any atom is 0.256 e. The van der Waals surface area contributed by atoms with Crippen molar-refractivity contribution in [3.05, 3.63) is 95.8 Å². The van der Waals surface area contributed by atoms with Gasteiger partial charge in [-0.15, -0.1) is 0 Å². The van der Waals surface area contributed by atoms with Crippen molar-refractivity contribution in [3.63, 3.8) is 0 Å². The largest absolute Gasteiger partial charge is 0.368 e. The molecule has 0 bridgehead atoms. The lowest BCUT2D eigenvalue weighted by molar-refractivity contribution is -0.133. The van der Waals surface area contributed by atoms with Crippen LogP contribution in [-0.2, 0) is 16.1 Å². The Balaban J connectivity index is 1.29. The third kappa shape index (κ3) is 6.27. The summed E-state index contributed by atoms with van der Waals surface area (Å²) in [7, 11) is 0. The quantitative estimate of drug-likeness (QED) is 0.550. The van der Waals surface area contributed by atoms with Crippen molar-refractivity contribution in [1.82, 2.24) is 9.80 Å². The number of piperazine rings is 1. The Morgan fingerprint density at radius 3 is 2.14 bits per heavy atom.